The van der Waals surface area contributed by atoms with Gasteiger partial charge in [-0.2, -0.15) is 0 Å². The summed E-state index contributed by atoms with van der Waals surface area (Å²) in [6.45, 7) is 1.58. The van der Waals surface area contributed by atoms with Crippen LogP contribution < -0.4 is 5.56 Å². The van der Waals surface area contributed by atoms with Crippen LogP contribution in [0.2, 0.25) is 0 Å². The number of benzene rings is 1. The summed E-state index contributed by atoms with van der Waals surface area (Å²) in [5.74, 6) is 0. The largest absolute Gasteiger partial charge is 0.353 e. The number of nitrogens with zero attached hydrogens (tertiary/aromatic N) is 2. The summed E-state index contributed by atoms with van der Waals surface area (Å²) in [5, 5.41) is 13.7. The van der Waals surface area contributed by atoms with E-state index in [9.17, 15) is 14.9 Å². The van der Waals surface area contributed by atoms with Crippen molar-refractivity contribution in [3.63, 3.8) is 0 Å². The number of rotatable bonds is 5. The van der Waals surface area contributed by atoms with E-state index in [2.05, 4.69) is 5.10 Å². The number of nitrogens with one attached hydrogen (secondary N) is 1. The molecule has 8 heteroatoms. The molecule has 8 nitrogen and oxygen atoms in total. The Bertz CT molecular complexity index is 730. The summed E-state index contributed by atoms with van der Waals surface area (Å²) in [5.41, 5.74) is 0.194. The van der Waals surface area contributed by atoms with Crippen LogP contribution in [0.1, 0.15) is 19.3 Å². The first-order valence-electron chi connectivity index (χ1n) is 7.25. The van der Waals surface area contributed by atoms with Gasteiger partial charge in [0.1, 0.15) is 0 Å². The maximum Gasteiger partial charge on any atom is 0.272 e. The van der Waals surface area contributed by atoms with Crippen LogP contribution in [0.5, 0.6) is 0 Å². The fourth-order valence-electron chi connectivity index (χ4n) is 2.59. The van der Waals surface area contributed by atoms with Crippen molar-refractivity contribution >= 4 is 16.6 Å². The highest BCUT2D eigenvalue weighted by Gasteiger charge is 2.15. The number of fused-ring (bicyclic) bond motifs is 1. The Kier molecular flexibility index (Phi) is 4.21. The summed E-state index contributed by atoms with van der Waals surface area (Å²) >= 11 is 0. The van der Waals surface area contributed by atoms with E-state index in [4.69, 9.17) is 9.47 Å². The van der Waals surface area contributed by atoms with Crippen LogP contribution in [-0.2, 0) is 16.0 Å². The highest BCUT2D eigenvalue weighted by molar-refractivity contribution is 5.80. The Morgan fingerprint density at radius 3 is 3.05 bits per heavy atom. The molecule has 1 aliphatic heterocycles. The van der Waals surface area contributed by atoms with Crippen LogP contribution in [-0.4, -0.2) is 34.2 Å². The van der Waals surface area contributed by atoms with Crippen molar-refractivity contribution in [2.24, 2.45) is 0 Å². The Balaban J connectivity index is 1.71. The molecule has 1 N–H and O–H groups in total. The van der Waals surface area contributed by atoms with E-state index in [0.29, 0.717) is 24.1 Å². The lowest BCUT2D eigenvalue weighted by Crippen LogP contribution is -2.24. The first-order chi connectivity index (χ1) is 10.6. The molecule has 0 aliphatic carbocycles. The Morgan fingerprint density at radius 1 is 1.45 bits per heavy atom. The smallest absolute Gasteiger partial charge is 0.272 e. The van der Waals surface area contributed by atoms with Crippen molar-refractivity contribution in [2.45, 2.75) is 32.1 Å². The molecule has 1 unspecified atom stereocenters. The molecule has 1 aromatic carbocycles. The standard InChI is InChI=1S/C14H17N3O5/c18-14-11-9-10(17(19)20)4-5-12(11)16(15-14)6-8-22-13-3-1-2-7-21-13/h4-5,9,13H,1-3,6-8H2,(H,15,18). The molecule has 118 valence electrons. The monoisotopic (exact) mass is 307 g/mol. The van der Waals surface area contributed by atoms with Gasteiger partial charge in [-0.25, -0.2) is 0 Å². The molecular weight excluding hydrogens is 290 g/mol. The molecule has 2 aromatic rings. The van der Waals surface area contributed by atoms with Gasteiger partial charge in [0.2, 0.25) is 0 Å². The molecule has 1 saturated heterocycles. The molecule has 0 bridgehead atoms. The maximum atomic E-state index is 11.9. The molecule has 0 radical (unpaired) electrons. The average molecular weight is 307 g/mol. The van der Waals surface area contributed by atoms with E-state index in [1.807, 2.05) is 0 Å². The number of ether oxygens (including phenoxy) is 2. The lowest BCUT2D eigenvalue weighted by molar-refractivity contribution is -0.384. The SMILES string of the molecule is O=c1[nH]n(CCOC2CCCCO2)c2ccc([N+](=O)[O-])cc12. The molecule has 3 rings (SSSR count). The third-order valence-corrected chi connectivity index (χ3v) is 3.72. The van der Waals surface area contributed by atoms with Crippen molar-refractivity contribution < 1.29 is 14.4 Å². The topological polar surface area (TPSA) is 99.4 Å². The van der Waals surface area contributed by atoms with Crippen LogP contribution in [0.3, 0.4) is 0 Å². The fourth-order valence-corrected chi connectivity index (χ4v) is 2.59. The second kappa shape index (κ2) is 6.29. The lowest BCUT2D eigenvalue weighted by atomic mass is 10.2. The van der Waals surface area contributed by atoms with Crippen molar-refractivity contribution in [3.05, 3.63) is 38.7 Å². The molecule has 0 saturated carbocycles. The van der Waals surface area contributed by atoms with E-state index in [0.717, 1.165) is 25.9 Å². The van der Waals surface area contributed by atoms with Crippen LogP contribution in [0, 0.1) is 10.1 Å². The van der Waals surface area contributed by atoms with E-state index >= 15 is 0 Å². The number of nitro benzene ring substituents is 1. The Morgan fingerprint density at radius 2 is 2.32 bits per heavy atom. The minimum atomic E-state index is -0.514. The highest BCUT2D eigenvalue weighted by atomic mass is 16.7. The molecule has 0 spiro atoms. The predicted octanol–water partition coefficient (Wildman–Crippen LogP) is 1.78. The number of aromatic amines is 1. The molecule has 1 aliphatic rings. The zero-order chi connectivity index (χ0) is 15.5. The van der Waals surface area contributed by atoms with E-state index in [1.165, 1.54) is 12.1 Å². The summed E-state index contributed by atoms with van der Waals surface area (Å²) in [6.07, 6.45) is 2.87. The first kappa shape index (κ1) is 14.7. The molecule has 1 aromatic heterocycles. The van der Waals surface area contributed by atoms with Crippen molar-refractivity contribution in [2.75, 3.05) is 13.2 Å². The molecular formula is C14H17N3O5. The number of H-pyrrole nitrogens is 1. The van der Waals surface area contributed by atoms with Gasteiger partial charge in [-0.05, 0) is 25.3 Å². The van der Waals surface area contributed by atoms with Gasteiger partial charge < -0.3 is 9.47 Å². The normalized spacial score (nSPS) is 18.6. The van der Waals surface area contributed by atoms with Crippen LogP contribution >= 0.6 is 0 Å². The van der Waals surface area contributed by atoms with E-state index < -0.39 is 4.92 Å². The minimum Gasteiger partial charge on any atom is -0.353 e. The van der Waals surface area contributed by atoms with Gasteiger partial charge in [-0.15, -0.1) is 0 Å². The number of nitro groups is 1. The first-order valence-corrected chi connectivity index (χ1v) is 7.25. The second-order valence-corrected chi connectivity index (χ2v) is 5.22. The van der Waals surface area contributed by atoms with Gasteiger partial charge in [-0.1, -0.05) is 0 Å². The summed E-state index contributed by atoms with van der Waals surface area (Å²) in [6, 6.07) is 4.25. The quantitative estimate of drug-likeness (QED) is 0.670. The van der Waals surface area contributed by atoms with Crippen LogP contribution in [0.15, 0.2) is 23.0 Å². The highest BCUT2D eigenvalue weighted by Crippen LogP contribution is 2.18. The number of non-ortho nitro benzene ring substituents is 1. The van der Waals surface area contributed by atoms with Crippen molar-refractivity contribution in [1.82, 2.24) is 9.78 Å². The van der Waals surface area contributed by atoms with Gasteiger partial charge in [0.05, 0.1) is 29.0 Å². The van der Waals surface area contributed by atoms with Gasteiger partial charge in [0.25, 0.3) is 11.2 Å². The van der Waals surface area contributed by atoms with Gasteiger partial charge in [-0.3, -0.25) is 24.7 Å². The summed E-state index contributed by atoms with van der Waals surface area (Å²) < 4.78 is 12.7. The minimum absolute atomic E-state index is 0.0948. The molecule has 2 heterocycles. The zero-order valence-electron chi connectivity index (χ0n) is 12.0. The average Bonchev–Trinajstić information content (AvgIpc) is 2.84. The number of aromatic nitrogens is 2. The summed E-state index contributed by atoms with van der Waals surface area (Å²) in [4.78, 5) is 22.1. The summed E-state index contributed by atoms with van der Waals surface area (Å²) in [7, 11) is 0. The molecule has 22 heavy (non-hydrogen) atoms. The second-order valence-electron chi connectivity index (χ2n) is 5.22. The maximum absolute atomic E-state index is 11.9. The Hall–Kier alpha value is -2.19. The number of hydrogen-bond donors (Lipinski definition) is 1. The molecule has 1 fully saturated rings. The third kappa shape index (κ3) is 3.02. The molecule has 0 amide bonds. The van der Waals surface area contributed by atoms with Gasteiger partial charge in [0, 0.05) is 18.7 Å². The zero-order valence-corrected chi connectivity index (χ0v) is 12.0. The molecule has 1 atom stereocenters. The van der Waals surface area contributed by atoms with Crippen LogP contribution in [0.4, 0.5) is 5.69 Å². The van der Waals surface area contributed by atoms with Crippen molar-refractivity contribution in [1.29, 1.82) is 0 Å². The Labute approximate surface area is 125 Å². The van der Waals surface area contributed by atoms with Gasteiger partial charge in [0.15, 0.2) is 6.29 Å². The third-order valence-electron chi connectivity index (χ3n) is 3.72. The van der Waals surface area contributed by atoms with E-state index in [-0.39, 0.29) is 17.5 Å². The van der Waals surface area contributed by atoms with Crippen molar-refractivity contribution in [3.8, 4) is 0 Å². The fraction of sp³-hybridized carbons (Fsp3) is 0.500. The van der Waals surface area contributed by atoms with E-state index in [1.54, 1.807) is 10.7 Å². The number of hydrogen-bond acceptors (Lipinski definition) is 5. The van der Waals surface area contributed by atoms with Gasteiger partial charge >= 0.3 is 0 Å². The predicted molar refractivity (Wildman–Crippen MR) is 78.8 cm³/mol. The lowest BCUT2D eigenvalue weighted by Gasteiger charge is -2.22. The van der Waals surface area contributed by atoms with Crippen LogP contribution in [0.25, 0.3) is 10.9 Å².